The Morgan fingerprint density at radius 1 is 1.06 bits per heavy atom. The molecule has 3 N–H and O–H groups in total. The van der Waals surface area contributed by atoms with Crippen LogP contribution in [0, 0.1) is 6.92 Å². The number of benzene rings is 2. The largest absolute Gasteiger partial charge is 0.481 e. The summed E-state index contributed by atoms with van der Waals surface area (Å²) < 4.78 is 5.51. The van der Waals surface area contributed by atoms with Gasteiger partial charge in [0.1, 0.15) is 12.6 Å². The Balaban J connectivity index is 1.44. The van der Waals surface area contributed by atoms with Crippen LogP contribution >= 0.6 is 11.6 Å². The lowest BCUT2D eigenvalue weighted by molar-refractivity contribution is -0.137. The Labute approximate surface area is 207 Å². The van der Waals surface area contributed by atoms with Gasteiger partial charge < -0.3 is 20.5 Å². The first kappa shape index (κ1) is 24.2. The number of aliphatic carboxylic acids is 1. The fraction of sp³-hybridized carbons (Fsp3) is 0.231. The van der Waals surface area contributed by atoms with Crippen LogP contribution < -0.4 is 10.6 Å². The molecule has 3 aromatic rings. The van der Waals surface area contributed by atoms with Crippen LogP contribution in [0.25, 0.3) is 11.1 Å². The number of nitrogens with zero attached hydrogens (tertiary/aromatic N) is 1. The highest BCUT2D eigenvalue weighted by Gasteiger charge is 2.30. The molecule has 1 aromatic heterocycles. The van der Waals surface area contributed by atoms with Crippen molar-refractivity contribution in [3.63, 3.8) is 0 Å². The summed E-state index contributed by atoms with van der Waals surface area (Å²) in [4.78, 5) is 40.6. The van der Waals surface area contributed by atoms with Gasteiger partial charge in [0, 0.05) is 18.5 Å². The summed E-state index contributed by atoms with van der Waals surface area (Å²) in [6.07, 6.45) is 1.65. The molecule has 1 unspecified atom stereocenters. The number of carbonyl (C=O) groups excluding carboxylic acids is 2. The zero-order chi connectivity index (χ0) is 24.9. The van der Waals surface area contributed by atoms with Crippen molar-refractivity contribution >= 4 is 35.3 Å². The number of carbonyl (C=O) groups is 3. The molecule has 2 aromatic carbocycles. The van der Waals surface area contributed by atoms with Gasteiger partial charge in [0.15, 0.2) is 0 Å². The molecule has 1 aliphatic carbocycles. The topological polar surface area (TPSA) is 118 Å². The lowest BCUT2D eigenvalue weighted by atomic mass is 9.98. The van der Waals surface area contributed by atoms with E-state index in [4.69, 9.17) is 21.4 Å². The van der Waals surface area contributed by atoms with E-state index in [9.17, 15) is 14.4 Å². The van der Waals surface area contributed by atoms with Gasteiger partial charge >= 0.3 is 12.1 Å². The molecule has 1 atom stereocenters. The van der Waals surface area contributed by atoms with Crippen molar-refractivity contribution in [1.82, 2.24) is 10.3 Å². The van der Waals surface area contributed by atoms with Crippen molar-refractivity contribution in [2.75, 3.05) is 11.9 Å². The van der Waals surface area contributed by atoms with Crippen molar-refractivity contribution in [2.45, 2.75) is 31.7 Å². The molecule has 8 nitrogen and oxygen atoms in total. The average Bonchev–Trinajstić information content (AvgIpc) is 3.17. The summed E-state index contributed by atoms with van der Waals surface area (Å²) in [6, 6.07) is 14.8. The number of alkyl carbamates (subject to hydrolysis) is 1. The molecule has 2 amide bonds. The molecular weight excluding hydrogens is 470 g/mol. The van der Waals surface area contributed by atoms with Gasteiger partial charge in [-0.05, 0) is 41.2 Å². The standard InChI is InChI=1S/C26H24ClN3O5/c1-15-21(27)12-28-13-23(15)29-25(33)22(10-11-24(31)32)30-26(34)35-14-20-18-8-4-2-6-16(18)17-7-3-5-9-19(17)20/h2-9,12-13,20,22H,10-11,14H2,1H3,(H,29,33)(H,30,34)(H,31,32). The highest BCUT2D eigenvalue weighted by molar-refractivity contribution is 6.31. The van der Waals surface area contributed by atoms with E-state index in [1.54, 1.807) is 6.92 Å². The van der Waals surface area contributed by atoms with E-state index in [2.05, 4.69) is 15.6 Å². The normalized spacial score (nSPS) is 12.9. The number of hydrogen-bond donors (Lipinski definition) is 3. The van der Waals surface area contributed by atoms with Crippen LogP contribution in [0.2, 0.25) is 5.02 Å². The number of ether oxygens (including phenoxy) is 1. The van der Waals surface area contributed by atoms with Gasteiger partial charge in [0.05, 0.1) is 16.9 Å². The minimum absolute atomic E-state index is 0.0739. The van der Waals surface area contributed by atoms with Gasteiger partial charge in [0.2, 0.25) is 5.91 Å². The second-order valence-corrected chi connectivity index (χ2v) is 8.65. The van der Waals surface area contributed by atoms with Crippen molar-refractivity contribution < 1.29 is 24.2 Å². The maximum atomic E-state index is 12.9. The van der Waals surface area contributed by atoms with Crippen LogP contribution in [0.5, 0.6) is 0 Å². The number of fused-ring (bicyclic) bond motifs is 3. The molecule has 1 aliphatic rings. The minimum Gasteiger partial charge on any atom is -0.481 e. The highest BCUT2D eigenvalue weighted by atomic mass is 35.5. The molecule has 0 saturated carbocycles. The Bertz CT molecular complexity index is 1230. The Hall–Kier alpha value is -3.91. The van der Waals surface area contributed by atoms with Crippen LogP contribution in [0.4, 0.5) is 10.5 Å². The number of nitrogens with one attached hydrogen (secondary N) is 2. The molecular formula is C26H24ClN3O5. The van der Waals surface area contributed by atoms with E-state index in [0.717, 1.165) is 22.3 Å². The monoisotopic (exact) mass is 493 g/mol. The van der Waals surface area contributed by atoms with Crippen molar-refractivity contribution in [1.29, 1.82) is 0 Å². The molecule has 9 heteroatoms. The Kier molecular flexibility index (Phi) is 7.31. The fourth-order valence-corrected chi connectivity index (χ4v) is 4.32. The van der Waals surface area contributed by atoms with Gasteiger partial charge in [-0.15, -0.1) is 0 Å². The third-order valence-corrected chi connectivity index (χ3v) is 6.39. The predicted molar refractivity (Wildman–Crippen MR) is 131 cm³/mol. The first-order chi connectivity index (χ1) is 16.8. The molecule has 0 spiro atoms. The first-order valence-electron chi connectivity index (χ1n) is 11.1. The maximum absolute atomic E-state index is 12.9. The van der Waals surface area contributed by atoms with E-state index >= 15 is 0 Å². The number of carboxylic acid groups (broad SMARTS) is 1. The number of hydrogen-bond acceptors (Lipinski definition) is 5. The number of rotatable bonds is 8. The lowest BCUT2D eigenvalue weighted by Crippen LogP contribution is -2.44. The van der Waals surface area contributed by atoms with Crippen molar-refractivity contribution in [2.24, 2.45) is 0 Å². The van der Waals surface area contributed by atoms with Crippen LogP contribution in [0.15, 0.2) is 60.9 Å². The maximum Gasteiger partial charge on any atom is 0.407 e. The lowest BCUT2D eigenvalue weighted by Gasteiger charge is -2.20. The molecule has 4 rings (SSSR count). The van der Waals surface area contributed by atoms with Crippen LogP contribution in [0.3, 0.4) is 0 Å². The molecule has 0 radical (unpaired) electrons. The number of amides is 2. The summed E-state index contributed by atoms with van der Waals surface area (Å²) >= 11 is 6.06. The van der Waals surface area contributed by atoms with Crippen molar-refractivity contribution in [3.05, 3.63) is 82.6 Å². The second-order valence-electron chi connectivity index (χ2n) is 8.24. The summed E-state index contributed by atoms with van der Waals surface area (Å²) in [6.45, 7) is 1.79. The van der Waals surface area contributed by atoms with Gasteiger partial charge in [-0.2, -0.15) is 0 Å². The van der Waals surface area contributed by atoms with Gasteiger partial charge in [0.25, 0.3) is 0 Å². The molecule has 1 heterocycles. The summed E-state index contributed by atoms with van der Waals surface area (Å²) in [5.74, 6) is -1.82. The summed E-state index contributed by atoms with van der Waals surface area (Å²) in [5.41, 5.74) is 5.30. The van der Waals surface area contributed by atoms with Crippen LogP contribution in [-0.2, 0) is 14.3 Å². The molecule has 180 valence electrons. The highest BCUT2D eigenvalue weighted by Crippen LogP contribution is 2.44. The zero-order valence-corrected chi connectivity index (χ0v) is 19.7. The average molecular weight is 494 g/mol. The van der Waals surface area contributed by atoms with Gasteiger partial charge in [-0.25, -0.2) is 4.79 Å². The number of pyridine rings is 1. The van der Waals surface area contributed by atoms with E-state index in [-0.39, 0.29) is 25.4 Å². The fourth-order valence-electron chi connectivity index (χ4n) is 4.16. The number of anilines is 1. The smallest absolute Gasteiger partial charge is 0.407 e. The molecule has 0 aliphatic heterocycles. The summed E-state index contributed by atoms with van der Waals surface area (Å²) in [7, 11) is 0. The predicted octanol–water partition coefficient (Wildman–Crippen LogP) is 4.75. The molecule has 0 bridgehead atoms. The molecule has 35 heavy (non-hydrogen) atoms. The number of aromatic nitrogens is 1. The summed E-state index contributed by atoms with van der Waals surface area (Å²) in [5, 5.41) is 14.6. The SMILES string of the molecule is Cc1c(Cl)cncc1NC(=O)C(CCC(=O)O)NC(=O)OCC1c2ccccc2-c2ccccc21. The Morgan fingerprint density at radius 2 is 1.69 bits per heavy atom. The van der Waals surface area contributed by atoms with E-state index in [1.165, 1.54) is 12.4 Å². The zero-order valence-electron chi connectivity index (χ0n) is 19.0. The van der Waals surface area contributed by atoms with Crippen LogP contribution in [-0.4, -0.2) is 40.7 Å². The number of halogens is 1. The quantitative estimate of drug-likeness (QED) is 0.416. The van der Waals surface area contributed by atoms with Gasteiger partial charge in [-0.1, -0.05) is 60.1 Å². The third kappa shape index (κ3) is 5.44. The molecule has 0 fully saturated rings. The minimum atomic E-state index is -1.12. The first-order valence-corrected chi connectivity index (χ1v) is 11.5. The van der Waals surface area contributed by atoms with E-state index < -0.39 is 24.0 Å². The second kappa shape index (κ2) is 10.6. The Morgan fingerprint density at radius 3 is 2.31 bits per heavy atom. The van der Waals surface area contributed by atoms with Gasteiger partial charge in [-0.3, -0.25) is 14.6 Å². The van der Waals surface area contributed by atoms with E-state index in [1.807, 2.05) is 48.5 Å². The van der Waals surface area contributed by atoms with Crippen LogP contribution in [0.1, 0.15) is 35.4 Å². The van der Waals surface area contributed by atoms with E-state index in [0.29, 0.717) is 16.3 Å². The number of carboxylic acids is 1. The van der Waals surface area contributed by atoms with Crippen molar-refractivity contribution in [3.8, 4) is 11.1 Å². The third-order valence-electron chi connectivity index (χ3n) is 6.01. The molecule has 0 saturated heterocycles.